The van der Waals surface area contributed by atoms with E-state index in [0.29, 0.717) is 18.4 Å². The van der Waals surface area contributed by atoms with Crippen LogP contribution in [0.4, 0.5) is 0 Å². The van der Waals surface area contributed by atoms with Crippen LogP contribution in [0.25, 0.3) is 0 Å². The van der Waals surface area contributed by atoms with Gasteiger partial charge in [-0.3, -0.25) is 14.4 Å². The molecule has 0 saturated carbocycles. The van der Waals surface area contributed by atoms with E-state index in [1.165, 1.54) is 6.07 Å². The molecule has 7 heteroatoms. The molecule has 2 aromatic carbocycles. The number of carboxylic acids is 1. The number of hydrogen-bond donors (Lipinski definition) is 4. The lowest BCUT2D eigenvalue weighted by Gasteiger charge is -2.22. The Morgan fingerprint density at radius 2 is 1.46 bits per heavy atom. The van der Waals surface area contributed by atoms with Crippen LogP contribution in [0.1, 0.15) is 56.7 Å². The van der Waals surface area contributed by atoms with E-state index < -0.39 is 29.0 Å². The largest absolute Gasteiger partial charge is 0.508 e. The molecule has 7 nitrogen and oxygen atoms in total. The van der Waals surface area contributed by atoms with E-state index in [1.54, 1.807) is 0 Å². The average Bonchev–Trinajstić information content (AvgIpc) is 2.57. The number of fused-ring (bicyclic) bond motifs is 2. The third-order valence-electron chi connectivity index (χ3n) is 4.38. The number of aryl methyl sites for hydroxylation is 1. The van der Waals surface area contributed by atoms with E-state index in [9.17, 15) is 29.7 Å². The molecule has 0 unspecified atom stereocenters. The van der Waals surface area contributed by atoms with Crippen LogP contribution >= 0.6 is 0 Å². The lowest BCUT2D eigenvalue weighted by atomic mass is 9.80. The van der Waals surface area contributed by atoms with Crippen molar-refractivity contribution in [2.24, 2.45) is 0 Å². The molecule has 0 aromatic heterocycles. The maximum absolute atomic E-state index is 12.9. The molecule has 0 fully saturated rings. The van der Waals surface area contributed by atoms with Gasteiger partial charge in [0.15, 0.2) is 11.6 Å². The number of phenols is 3. The first-order valence-electron chi connectivity index (χ1n) is 8.03. The van der Waals surface area contributed by atoms with E-state index in [1.807, 2.05) is 0 Å². The van der Waals surface area contributed by atoms with E-state index in [4.69, 9.17) is 5.11 Å². The van der Waals surface area contributed by atoms with Crippen LogP contribution in [-0.4, -0.2) is 38.0 Å². The molecule has 2 aromatic rings. The predicted molar refractivity (Wildman–Crippen MR) is 89.9 cm³/mol. The first kappa shape index (κ1) is 17.5. The van der Waals surface area contributed by atoms with E-state index in [0.717, 1.165) is 18.2 Å². The minimum atomic E-state index is -0.927. The highest BCUT2D eigenvalue weighted by Gasteiger charge is 2.36. The van der Waals surface area contributed by atoms with Crippen LogP contribution in [0.3, 0.4) is 0 Å². The Morgan fingerprint density at radius 3 is 2.08 bits per heavy atom. The molecular weight excluding hydrogens is 340 g/mol. The van der Waals surface area contributed by atoms with Gasteiger partial charge >= 0.3 is 5.97 Å². The van der Waals surface area contributed by atoms with Crippen LogP contribution in [0.15, 0.2) is 24.3 Å². The monoisotopic (exact) mass is 356 g/mol. The standard InChI is InChI=1S/C19H16O7/c20-10-7-9(3-1-2-4-14(23)24)15-11(8-10)18(25)16-12(21)5-6-13(22)17(16)19(15)26/h5-8,20-22H,1-4H2,(H,23,24). The van der Waals surface area contributed by atoms with Gasteiger partial charge in [0, 0.05) is 17.5 Å². The zero-order chi connectivity index (χ0) is 19.0. The van der Waals surface area contributed by atoms with Gasteiger partial charge in [0.05, 0.1) is 11.1 Å². The Morgan fingerprint density at radius 1 is 0.846 bits per heavy atom. The highest BCUT2D eigenvalue weighted by atomic mass is 16.4. The van der Waals surface area contributed by atoms with E-state index in [2.05, 4.69) is 0 Å². The normalized spacial score (nSPS) is 12.6. The van der Waals surface area contributed by atoms with Gasteiger partial charge in [0.2, 0.25) is 0 Å². The number of carbonyl (C=O) groups excluding carboxylic acids is 2. The highest BCUT2D eigenvalue weighted by Crippen LogP contribution is 2.40. The number of benzene rings is 2. The number of rotatable bonds is 5. The van der Waals surface area contributed by atoms with Gasteiger partial charge in [-0.2, -0.15) is 0 Å². The molecule has 1 aliphatic carbocycles. The number of aliphatic carboxylic acids is 1. The second kappa shape index (κ2) is 6.51. The molecule has 134 valence electrons. The summed E-state index contributed by atoms with van der Waals surface area (Å²) in [6, 6.07) is 4.77. The third-order valence-corrected chi connectivity index (χ3v) is 4.38. The maximum atomic E-state index is 12.9. The molecule has 0 atom stereocenters. The quantitative estimate of drug-likeness (QED) is 0.407. The zero-order valence-electron chi connectivity index (χ0n) is 13.7. The van der Waals surface area contributed by atoms with Gasteiger partial charge in [0.25, 0.3) is 0 Å². The Kier molecular flexibility index (Phi) is 4.38. The second-order valence-electron chi connectivity index (χ2n) is 6.14. The summed E-state index contributed by atoms with van der Waals surface area (Å²) in [6.07, 6.45) is 1.09. The number of carbonyl (C=O) groups is 3. The van der Waals surface area contributed by atoms with Crippen molar-refractivity contribution >= 4 is 17.5 Å². The van der Waals surface area contributed by atoms with Gasteiger partial charge in [-0.25, -0.2) is 0 Å². The Balaban J connectivity index is 2.07. The third kappa shape index (κ3) is 2.88. The summed E-state index contributed by atoms with van der Waals surface area (Å²) in [5, 5.41) is 38.6. The number of ketones is 2. The van der Waals surface area contributed by atoms with E-state index in [-0.39, 0.29) is 40.8 Å². The van der Waals surface area contributed by atoms with Crippen molar-refractivity contribution in [2.75, 3.05) is 0 Å². The number of carboxylic acid groups (broad SMARTS) is 1. The number of phenolic OH excluding ortho intramolecular Hbond substituents is 3. The van der Waals surface area contributed by atoms with Gasteiger partial charge in [-0.15, -0.1) is 0 Å². The maximum Gasteiger partial charge on any atom is 0.303 e. The smallest absolute Gasteiger partial charge is 0.303 e. The Labute approximate surface area is 148 Å². The van der Waals surface area contributed by atoms with Crippen molar-refractivity contribution in [3.8, 4) is 17.2 Å². The van der Waals surface area contributed by atoms with Crippen molar-refractivity contribution < 1.29 is 34.8 Å². The lowest BCUT2D eigenvalue weighted by Crippen LogP contribution is -2.23. The summed E-state index contributed by atoms with van der Waals surface area (Å²) in [7, 11) is 0. The molecule has 0 aliphatic heterocycles. The molecular formula is C19H16O7. The topological polar surface area (TPSA) is 132 Å². The van der Waals surface area contributed by atoms with E-state index >= 15 is 0 Å². The predicted octanol–water partition coefficient (Wildman–Crippen LogP) is 2.38. The molecule has 0 saturated heterocycles. The number of hydrogen-bond acceptors (Lipinski definition) is 6. The lowest BCUT2D eigenvalue weighted by molar-refractivity contribution is -0.137. The van der Waals surface area contributed by atoms with Crippen molar-refractivity contribution in [3.63, 3.8) is 0 Å². The second-order valence-corrected chi connectivity index (χ2v) is 6.14. The fraction of sp³-hybridized carbons (Fsp3) is 0.211. The van der Waals surface area contributed by atoms with Crippen LogP contribution < -0.4 is 0 Å². The average molecular weight is 356 g/mol. The van der Waals surface area contributed by atoms with Crippen LogP contribution in [0.5, 0.6) is 17.2 Å². The molecule has 0 heterocycles. The fourth-order valence-corrected chi connectivity index (χ4v) is 3.22. The first-order chi connectivity index (χ1) is 12.3. The van der Waals surface area contributed by atoms with Gasteiger partial charge in [0.1, 0.15) is 17.2 Å². The summed E-state index contributed by atoms with van der Waals surface area (Å²) in [4.78, 5) is 36.2. The Bertz CT molecular complexity index is 943. The van der Waals surface area contributed by atoms with Crippen LogP contribution in [-0.2, 0) is 11.2 Å². The minimum Gasteiger partial charge on any atom is -0.508 e. The summed E-state index contributed by atoms with van der Waals surface area (Å²) in [5.74, 6) is -3.24. The first-order valence-corrected chi connectivity index (χ1v) is 8.03. The van der Waals surface area contributed by atoms with Crippen LogP contribution in [0.2, 0.25) is 0 Å². The van der Waals surface area contributed by atoms with Crippen molar-refractivity contribution in [3.05, 3.63) is 52.1 Å². The minimum absolute atomic E-state index is 0.0224. The summed E-state index contributed by atoms with van der Waals surface area (Å²) >= 11 is 0. The number of unbranched alkanes of at least 4 members (excludes halogenated alkanes) is 1. The SMILES string of the molecule is O=C(O)CCCCc1cc(O)cc2c1C(=O)c1c(O)ccc(O)c1C2=O. The van der Waals surface area contributed by atoms with Crippen molar-refractivity contribution in [2.45, 2.75) is 25.7 Å². The highest BCUT2D eigenvalue weighted by molar-refractivity contribution is 6.30. The van der Waals surface area contributed by atoms with Crippen molar-refractivity contribution in [1.82, 2.24) is 0 Å². The molecule has 4 N–H and O–H groups in total. The summed E-state index contributed by atoms with van der Waals surface area (Å²) in [6.45, 7) is 0. The molecule has 0 amide bonds. The van der Waals surface area contributed by atoms with Crippen molar-refractivity contribution in [1.29, 1.82) is 0 Å². The molecule has 26 heavy (non-hydrogen) atoms. The van der Waals surface area contributed by atoms with Gasteiger partial charge in [-0.1, -0.05) is 0 Å². The molecule has 0 radical (unpaired) electrons. The molecule has 0 spiro atoms. The zero-order valence-corrected chi connectivity index (χ0v) is 13.7. The Hall–Kier alpha value is -3.35. The fourth-order valence-electron chi connectivity index (χ4n) is 3.22. The summed E-state index contributed by atoms with van der Waals surface area (Å²) < 4.78 is 0. The molecule has 3 rings (SSSR count). The van der Waals surface area contributed by atoms with Gasteiger partial charge in [-0.05, 0) is 49.1 Å². The van der Waals surface area contributed by atoms with Crippen LogP contribution in [0, 0.1) is 0 Å². The number of aromatic hydroxyl groups is 3. The van der Waals surface area contributed by atoms with Gasteiger partial charge < -0.3 is 20.4 Å². The molecule has 0 bridgehead atoms. The summed E-state index contributed by atoms with van der Waals surface area (Å²) in [5.41, 5.74) is -0.129. The molecule has 1 aliphatic rings.